The van der Waals surface area contributed by atoms with Gasteiger partial charge in [0.2, 0.25) is 0 Å². The predicted molar refractivity (Wildman–Crippen MR) is 68.8 cm³/mol. The second-order valence-electron chi connectivity index (χ2n) is 3.99. The minimum absolute atomic E-state index is 0.235. The highest BCUT2D eigenvalue weighted by atomic mass is 16.5. The molecule has 0 amide bonds. The topological polar surface area (TPSA) is 83.3 Å². The zero-order chi connectivity index (χ0) is 14.7. The van der Waals surface area contributed by atoms with Crippen LogP contribution >= 0.6 is 0 Å². The molecule has 0 aliphatic heterocycles. The molecule has 0 N–H and O–H groups in total. The Hall–Kier alpha value is -2.70. The van der Waals surface area contributed by atoms with Crippen LogP contribution in [-0.4, -0.2) is 40.9 Å². The maximum Gasteiger partial charge on any atom is 0.337 e. The first-order valence-corrected chi connectivity index (χ1v) is 5.75. The largest absolute Gasteiger partial charge is 0.465 e. The molecule has 104 valence electrons. The van der Waals surface area contributed by atoms with Crippen molar-refractivity contribution in [3.63, 3.8) is 0 Å². The molecule has 1 heterocycles. The molecule has 0 radical (unpaired) electrons. The van der Waals surface area contributed by atoms with Crippen LogP contribution < -0.4 is 0 Å². The van der Waals surface area contributed by atoms with Crippen molar-refractivity contribution in [1.29, 1.82) is 0 Å². The summed E-state index contributed by atoms with van der Waals surface area (Å²) in [6.45, 7) is 1.74. The van der Waals surface area contributed by atoms with Crippen molar-refractivity contribution >= 4 is 11.9 Å². The SMILES string of the molecule is COC(=O)c1cc(C(=O)OC)cc(-n2cnc(C)n2)c1. The van der Waals surface area contributed by atoms with Gasteiger partial charge in [0.25, 0.3) is 0 Å². The molecular formula is C13H13N3O4. The third kappa shape index (κ3) is 2.66. The number of benzene rings is 1. The summed E-state index contributed by atoms with van der Waals surface area (Å²) in [5.41, 5.74) is 0.992. The summed E-state index contributed by atoms with van der Waals surface area (Å²) in [5.74, 6) is -0.518. The second kappa shape index (κ2) is 5.52. The van der Waals surface area contributed by atoms with Gasteiger partial charge in [-0.3, -0.25) is 0 Å². The third-order valence-electron chi connectivity index (χ3n) is 2.63. The van der Waals surface area contributed by atoms with E-state index in [-0.39, 0.29) is 11.1 Å². The number of carbonyl (C=O) groups excluding carboxylic acids is 2. The zero-order valence-electron chi connectivity index (χ0n) is 11.3. The van der Waals surface area contributed by atoms with Gasteiger partial charge in [0, 0.05) is 0 Å². The molecule has 1 aromatic carbocycles. The van der Waals surface area contributed by atoms with Crippen molar-refractivity contribution in [2.24, 2.45) is 0 Å². The first kappa shape index (κ1) is 13.7. The average Bonchev–Trinajstić information content (AvgIpc) is 2.91. The van der Waals surface area contributed by atoms with Gasteiger partial charge in [-0.15, -0.1) is 0 Å². The number of methoxy groups -OCH3 is 2. The highest BCUT2D eigenvalue weighted by Crippen LogP contribution is 2.15. The van der Waals surface area contributed by atoms with Gasteiger partial charge in [0.05, 0.1) is 31.0 Å². The van der Waals surface area contributed by atoms with Crippen molar-refractivity contribution in [3.05, 3.63) is 41.5 Å². The van der Waals surface area contributed by atoms with Crippen LogP contribution in [0.3, 0.4) is 0 Å². The number of aryl methyl sites for hydroxylation is 1. The van der Waals surface area contributed by atoms with E-state index in [1.807, 2.05) is 0 Å². The molecule has 1 aromatic heterocycles. The Labute approximate surface area is 115 Å². The molecule has 0 atom stereocenters. The van der Waals surface area contributed by atoms with Gasteiger partial charge in [0.15, 0.2) is 0 Å². The number of hydrogen-bond donors (Lipinski definition) is 0. The number of esters is 2. The van der Waals surface area contributed by atoms with Gasteiger partial charge in [-0.1, -0.05) is 0 Å². The normalized spacial score (nSPS) is 10.2. The quantitative estimate of drug-likeness (QED) is 0.781. The lowest BCUT2D eigenvalue weighted by molar-refractivity contribution is 0.0599. The summed E-state index contributed by atoms with van der Waals surface area (Å²) in [6.07, 6.45) is 1.49. The summed E-state index contributed by atoms with van der Waals surface area (Å²) in [7, 11) is 2.54. The summed E-state index contributed by atoms with van der Waals surface area (Å²) in [5, 5.41) is 4.13. The Morgan fingerprint density at radius 1 is 1.05 bits per heavy atom. The Balaban J connectivity index is 2.56. The molecule has 20 heavy (non-hydrogen) atoms. The monoisotopic (exact) mass is 275 g/mol. The van der Waals surface area contributed by atoms with E-state index in [4.69, 9.17) is 0 Å². The molecule has 2 rings (SSSR count). The number of rotatable bonds is 3. The van der Waals surface area contributed by atoms with E-state index in [0.717, 1.165) is 0 Å². The van der Waals surface area contributed by atoms with Gasteiger partial charge in [0.1, 0.15) is 12.2 Å². The Morgan fingerprint density at radius 2 is 1.60 bits per heavy atom. The lowest BCUT2D eigenvalue weighted by Gasteiger charge is -2.07. The van der Waals surface area contributed by atoms with Crippen LogP contribution in [0, 0.1) is 6.92 Å². The second-order valence-corrected chi connectivity index (χ2v) is 3.99. The third-order valence-corrected chi connectivity index (χ3v) is 2.63. The fourth-order valence-corrected chi connectivity index (χ4v) is 1.69. The minimum Gasteiger partial charge on any atom is -0.465 e. The summed E-state index contributed by atoms with van der Waals surface area (Å²) in [4.78, 5) is 27.3. The Kier molecular flexibility index (Phi) is 3.79. The molecule has 0 spiro atoms. The number of ether oxygens (including phenoxy) is 2. The zero-order valence-corrected chi connectivity index (χ0v) is 11.3. The number of aromatic nitrogens is 3. The minimum atomic E-state index is -0.547. The van der Waals surface area contributed by atoms with Crippen LogP contribution in [0.4, 0.5) is 0 Å². The maximum absolute atomic E-state index is 11.6. The van der Waals surface area contributed by atoms with Gasteiger partial charge in [-0.2, -0.15) is 5.10 Å². The Bertz CT molecular complexity index is 629. The van der Waals surface area contributed by atoms with Gasteiger partial charge >= 0.3 is 11.9 Å². The van der Waals surface area contributed by atoms with Gasteiger partial charge < -0.3 is 9.47 Å². The molecule has 0 saturated carbocycles. The van der Waals surface area contributed by atoms with E-state index in [0.29, 0.717) is 11.5 Å². The molecule has 0 fully saturated rings. The van der Waals surface area contributed by atoms with Crippen molar-refractivity contribution in [1.82, 2.24) is 14.8 Å². The highest BCUT2D eigenvalue weighted by molar-refractivity contribution is 5.96. The van der Waals surface area contributed by atoms with E-state index in [1.165, 1.54) is 31.3 Å². The van der Waals surface area contributed by atoms with E-state index in [2.05, 4.69) is 19.6 Å². The van der Waals surface area contributed by atoms with Crippen LogP contribution in [-0.2, 0) is 9.47 Å². The molecule has 2 aromatic rings. The van der Waals surface area contributed by atoms with Crippen LogP contribution in [0.15, 0.2) is 24.5 Å². The average molecular weight is 275 g/mol. The number of hydrogen-bond acceptors (Lipinski definition) is 6. The van der Waals surface area contributed by atoms with Crippen LogP contribution in [0.5, 0.6) is 0 Å². The van der Waals surface area contributed by atoms with Crippen molar-refractivity contribution < 1.29 is 19.1 Å². The van der Waals surface area contributed by atoms with Crippen LogP contribution in [0.1, 0.15) is 26.5 Å². The number of carbonyl (C=O) groups is 2. The van der Waals surface area contributed by atoms with Gasteiger partial charge in [-0.05, 0) is 25.1 Å². The first-order chi connectivity index (χ1) is 9.55. The van der Waals surface area contributed by atoms with Crippen LogP contribution in [0.2, 0.25) is 0 Å². The summed E-state index contributed by atoms with van der Waals surface area (Å²) >= 11 is 0. The standard InChI is InChI=1S/C13H13N3O4/c1-8-14-7-16(15-8)11-5-9(12(17)19-2)4-10(6-11)13(18)20-3/h4-7H,1-3H3. The number of nitrogens with zero attached hydrogens (tertiary/aromatic N) is 3. The van der Waals surface area contributed by atoms with E-state index in [1.54, 1.807) is 19.1 Å². The van der Waals surface area contributed by atoms with Crippen molar-refractivity contribution in [2.75, 3.05) is 14.2 Å². The van der Waals surface area contributed by atoms with Crippen molar-refractivity contribution in [3.8, 4) is 5.69 Å². The summed E-state index contributed by atoms with van der Waals surface area (Å²) < 4.78 is 10.8. The molecule has 0 aliphatic carbocycles. The lowest BCUT2D eigenvalue weighted by atomic mass is 10.1. The smallest absolute Gasteiger partial charge is 0.337 e. The summed E-state index contributed by atoms with van der Waals surface area (Å²) in [6, 6.07) is 4.53. The molecule has 7 nitrogen and oxygen atoms in total. The van der Waals surface area contributed by atoms with E-state index < -0.39 is 11.9 Å². The fourth-order valence-electron chi connectivity index (χ4n) is 1.69. The predicted octanol–water partition coefficient (Wildman–Crippen LogP) is 1.15. The molecule has 7 heteroatoms. The lowest BCUT2D eigenvalue weighted by Crippen LogP contribution is -2.09. The van der Waals surface area contributed by atoms with E-state index >= 15 is 0 Å². The molecule has 0 saturated heterocycles. The molecule has 0 bridgehead atoms. The van der Waals surface area contributed by atoms with Crippen molar-refractivity contribution in [2.45, 2.75) is 6.92 Å². The fraction of sp³-hybridized carbons (Fsp3) is 0.231. The van der Waals surface area contributed by atoms with Gasteiger partial charge in [-0.25, -0.2) is 19.3 Å². The Morgan fingerprint density at radius 3 is 2.00 bits per heavy atom. The maximum atomic E-state index is 11.6. The molecule has 0 unspecified atom stereocenters. The highest BCUT2D eigenvalue weighted by Gasteiger charge is 2.15. The van der Waals surface area contributed by atoms with Crippen LogP contribution in [0.25, 0.3) is 5.69 Å². The van der Waals surface area contributed by atoms with E-state index in [9.17, 15) is 9.59 Å². The first-order valence-electron chi connectivity index (χ1n) is 5.75. The molecule has 0 aliphatic rings. The molecular weight excluding hydrogens is 262 g/mol.